The van der Waals surface area contributed by atoms with Crippen LogP contribution in [0.4, 0.5) is 5.82 Å². The average Bonchev–Trinajstić information content (AvgIpc) is 3.21. The Morgan fingerprint density at radius 1 is 1.15 bits per heavy atom. The maximum absolute atomic E-state index is 6.19. The number of aromatic nitrogens is 1. The highest BCUT2D eigenvalue weighted by Crippen LogP contribution is 2.17. The van der Waals surface area contributed by atoms with Crippen molar-refractivity contribution < 1.29 is 0 Å². The van der Waals surface area contributed by atoms with Crippen LogP contribution in [0.2, 0.25) is 5.02 Å². The van der Waals surface area contributed by atoms with E-state index in [2.05, 4.69) is 37.6 Å². The number of anilines is 1. The smallest absolute Gasteiger partial charge is 0.191 e. The van der Waals surface area contributed by atoms with Crippen molar-refractivity contribution in [1.82, 2.24) is 15.6 Å². The number of guanidine groups is 1. The van der Waals surface area contributed by atoms with Gasteiger partial charge in [0.05, 0.1) is 0 Å². The molecule has 0 bridgehead atoms. The molecular formula is C20H27ClIN5. The molecule has 0 radical (unpaired) electrons. The van der Waals surface area contributed by atoms with Crippen molar-refractivity contribution in [2.45, 2.75) is 25.8 Å². The van der Waals surface area contributed by atoms with Crippen LogP contribution in [0.1, 0.15) is 24.0 Å². The topological polar surface area (TPSA) is 52.6 Å². The van der Waals surface area contributed by atoms with Crippen LogP contribution < -0.4 is 15.5 Å². The molecule has 2 aromatic rings. The van der Waals surface area contributed by atoms with Crippen molar-refractivity contribution in [2.24, 2.45) is 4.99 Å². The number of hydrogen-bond donors (Lipinski definition) is 2. The minimum absolute atomic E-state index is 0. The lowest BCUT2D eigenvalue weighted by Gasteiger charge is -2.16. The van der Waals surface area contributed by atoms with Gasteiger partial charge in [-0.25, -0.2) is 4.98 Å². The SMILES string of the molecule is CN=C(NCCc1ccccc1Cl)NCc1ccc(N2CCCC2)nc1.I. The second kappa shape index (κ2) is 11.3. The molecule has 0 saturated carbocycles. The van der Waals surface area contributed by atoms with Gasteiger partial charge < -0.3 is 15.5 Å². The highest BCUT2D eigenvalue weighted by molar-refractivity contribution is 14.0. The van der Waals surface area contributed by atoms with E-state index in [0.717, 1.165) is 54.0 Å². The molecule has 2 heterocycles. The normalized spacial score (nSPS) is 14.0. The maximum atomic E-state index is 6.19. The van der Waals surface area contributed by atoms with E-state index < -0.39 is 0 Å². The number of nitrogens with one attached hydrogen (secondary N) is 2. The standard InChI is InChI=1S/C20H26ClN5.HI/c1-22-20(23-11-10-17-6-2-3-7-18(17)21)25-15-16-8-9-19(24-14-16)26-12-4-5-13-26;/h2-3,6-9,14H,4-5,10-13,15H2,1H3,(H2,22,23,25);1H. The van der Waals surface area contributed by atoms with Gasteiger partial charge >= 0.3 is 0 Å². The second-order valence-electron chi connectivity index (χ2n) is 6.41. The van der Waals surface area contributed by atoms with Gasteiger partial charge in [-0.3, -0.25) is 4.99 Å². The van der Waals surface area contributed by atoms with Crippen LogP contribution in [0.25, 0.3) is 0 Å². The lowest BCUT2D eigenvalue weighted by atomic mass is 10.1. The zero-order valence-corrected chi connectivity index (χ0v) is 18.7. The third-order valence-electron chi connectivity index (χ3n) is 4.57. The Balaban J connectivity index is 0.00000261. The molecule has 1 aliphatic heterocycles. The van der Waals surface area contributed by atoms with Gasteiger partial charge in [-0.05, 0) is 42.5 Å². The van der Waals surface area contributed by atoms with Gasteiger partial charge in [-0.15, -0.1) is 24.0 Å². The molecule has 3 rings (SSSR count). The zero-order valence-electron chi connectivity index (χ0n) is 15.6. The average molecular weight is 500 g/mol. The molecule has 27 heavy (non-hydrogen) atoms. The first kappa shape index (κ1) is 21.8. The van der Waals surface area contributed by atoms with Gasteiger partial charge in [-0.1, -0.05) is 35.9 Å². The largest absolute Gasteiger partial charge is 0.357 e. The Morgan fingerprint density at radius 2 is 1.93 bits per heavy atom. The molecule has 1 saturated heterocycles. The van der Waals surface area contributed by atoms with E-state index in [0.29, 0.717) is 6.54 Å². The van der Waals surface area contributed by atoms with Crippen molar-refractivity contribution >= 4 is 47.4 Å². The monoisotopic (exact) mass is 499 g/mol. The molecule has 0 unspecified atom stereocenters. The minimum atomic E-state index is 0. The Morgan fingerprint density at radius 3 is 2.59 bits per heavy atom. The third kappa shape index (κ3) is 6.53. The highest BCUT2D eigenvalue weighted by Gasteiger charge is 2.12. The highest BCUT2D eigenvalue weighted by atomic mass is 127. The molecule has 1 aromatic heterocycles. The van der Waals surface area contributed by atoms with Crippen molar-refractivity contribution in [3.63, 3.8) is 0 Å². The summed E-state index contributed by atoms with van der Waals surface area (Å²) in [7, 11) is 1.78. The predicted octanol–water partition coefficient (Wildman–Crippen LogP) is 3.86. The quantitative estimate of drug-likeness (QED) is 0.360. The number of rotatable bonds is 6. The van der Waals surface area contributed by atoms with Crippen molar-refractivity contribution in [2.75, 3.05) is 31.6 Å². The molecule has 7 heteroatoms. The van der Waals surface area contributed by atoms with Gasteiger partial charge in [0.25, 0.3) is 0 Å². The third-order valence-corrected chi connectivity index (χ3v) is 4.94. The van der Waals surface area contributed by atoms with Crippen LogP contribution in [-0.4, -0.2) is 37.6 Å². The van der Waals surface area contributed by atoms with Crippen molar-refractivity contribution in [3.05, 3.63) is 58.7 Å². The fraction of sp³-hybridized carbons (Fsp3) is 0.400. The summed E-state index contributed by atoms with van der Waals surface area (Å²) < 4.78 is 0. The van der Waals surface area contributed by atoms with Crippen molar-refractivity contribution in [1.29, 1.82) is 0 Å². The van der Waals surface area contributed by atoms with Crippen LogP contribution in [-0.2, 0) is 13.0 Å². The van der Waals surface area contributed by atoms with Gasteiger partial charge in [-0.2, -0.15) is 0 Å². The Hall–Kier alpha value is -1.54. The molecular weight excluding hydrogens is 473 g/mol. The zero-order chi connectivity index (χ0) is 18.2. The van der Waals surface area contributed by atoms with Crippen molar-refractivity contribution in [3.8, 4) is 0 Å². The number of pyridine rings is 1. The first-order valence-electron chi connectivity index (χ1n) is 9.14. The molecule has 0 atom stereocenters. The molecule has 0 amide bonds. The van der Waals surface area contributed by atoms with Crippen LogP contribution in [0.3, 0.4) is 0 Å². The first-order valence-corrected chi connectivity index (χ1v) is 9.52. The predicted molar refractivity (Wildman–Crippen MR) is 124 cm³/mol. The summed E-state index contributed by atoms with van der Waals surface area (Å²) in [6.45, 7) is 3.70. The summed E-state index contributed by atoms with van der Waals surface area (Å²) in [6, 6.07) is 12.2. The first-order chi connectivity index (χ1) is 12.8. The molecule has 146 valence electrons. The lowest BCUT2D eigenvalue weighted by Crippen LogP contribution is -2.37. The number of aliphatic imine (C=N–C) groups is 1. The fourth-order valence-corrected chi connectivity index (χ4v) is 3.31. The molecule has 0 spiro atoms. The van der Waals surface area contributed by atoms with Gasteiger partial charge in [0.15, 0.2) is 5.96 Å². The molecule has 0 aliphatic carbocycles. The molecule has 1 aromatic carbocycles. The molecule has 2 N–H and O–H groups in total. The van der Waals surface area contributed by atoms with E-state index >= 15 is 0 Å². The summed E-state index contributed by atoms with van der Waals surface area (Å²) in [5.41, 5.74) is 2.28. The number of halogens is 2. The fourth-order valence-electron chi connectivity index (χ4n) is 3.08. The van der Waals surface area contributed by atoms with Gasteiger partial charge in [0, 0.05) is 44.4 Å². The number of hydrogen-bond acceptors (Lipinski definition) is 3. The van der Waals surface area contributed by atoms with Crippen LogP contribution in [0.15, 0.2) is 47.6 Å². The summed E-state index contributed by atoms with van der Waals surface area (Å²) in [4.78, 5) is 11.2. The number of benzene rings is 1. The Labute approximate surface area is 183 Å². The van der Waals surface area contributed by atoms with E-state index in [1.54, 1.807) is 7.05 Å². The van der Waals surface area contributed by atoms with Crippen LogP contribution in [0.5, 0.6) is 0 Å². The maximum Gasteiger partial charge on any atom is 0.191 e. The lowest BCUT2D eigenvalue weighted by molar-refractivity contribution is 0.792. The summed E-state index contributed by atoms with van der Waals surface area (Å²) in [5, 5.41) is 7.46. The van der Waals surface area contributed by atoms with E-state index in [-0.39, 0.29) is 24.0 Å². The van der Waals surface area contributed by atoms with Crippen LogP contribution in [0, 0.1) is 0 Å². The van der Waals surface area contributed by atoms with E-state index in [9.17, 15) is 0 Å². The summed E-state index contributed by atoms with van der Waals surface area (Å²) in [5.74, 6) is 1.86. The number of nitrogens with zero attached hydrogens (tertiary/aromatic N) is 3. The van der Waals surface area contributed by atoms with E-state index in [4.69, 9.17) is 11.6 Å². The van der Waals surface area contributed by atoms with Gasteiger partial charge in [0.1, 0.15) is 5.82 Å². The molecule has 1 aliphatic rings. The Kier molecular flexibility index (Phi) is 9.14. The molecule has 5 nitrogen and oxygen atoms in total. The van der Waals surface area contributed by atoms with E-state index in [1.807, 2.05) is 30.5 Å². The molecule has 1 fully saturated rings. The second-order valence-corrected chi connectivity index (χ2v) is 6.82. The van der Waals surface area contributed by atoms with E-state index in [1.165, 1.54) is 12.8 Å². The summed E-state index contributed by atoms with van der Waals surface area (Å²) in [6.07, 6.45) is 5.33. The minimum Gasteiger partial charge on any atom is -0.357 e. The Bertz CT molecular complexity index is 729. The van der Waals surface area contributed by atoms with Gasteiger partial charge in [0.2, 0.25) is 0 Å². The van der Waals surface area contributed by atoms with Crippen LogP contribution >= 0.6 is 35.6 Å². The summed E-state index contributed by atoms with van der Waals surface area (Å²) >= 11 is 6.19.